The molecule has 2 N–H and O–H groups in total. The molecule has 1 saturated heterocycles. The van der Waals surface area contributed by atoms with Crippen molar-refractivity contribution in [2.45, 2.75) is 25.8 Å². The first-order valence-electron chi connectivity index (χ1n) is 9.53. The average molecular weight is 400 g/mol. The van der Waals surface area contributed by atoms with Crippen LogP contribution in [0.25, 0.3) is 22.6 Å². The van der Waals surface area contributed by atoms with Gasteiger partial charge in [-0.25, -0.2) is 9.97 Å². The summed E-state index contributed by atoms with van der Waals surface area (Å²) in [5.41, 5.74) is 3.20. The number of carbonyl (C=O) groups excluding carboxylic acids is 1. The summed E-state index contributed by atoms with van der Waals surface area (Å²) in [5.74, 6) is 2.02. The molecule has 2 fully saturated rings. The zero-order valence-electron chi connectivity index (χ0n) is 15.8. The van der Waals surface area contributed by atoms with E-state index >= 15 is 0 Å². The van der Waals surface area contributed by atoms with Gasteiger partial charge in [0.05, 0.1) is 28.7 Å². The molecule has 1 aliphatic heterocycles. The number of halogens is 1. The number of anilines is 1. The van der Waals surface area contributed by atoms with Crippen LogP contribution < -0.4 is 5.32 Å². The molecule has 146 valence electrons. The van der Waals surface area contributed by atoms with Gasteiger partial charge in [-0.15, -0.1) is 0 Å². The largest absolute Gasteiger partial charge is 0.379 e. The van der Waals surface area contributed by atoms with Crippen LogP contribution in [0.4, 0.5) is 5.69 Å². The maximum absolute atomic E-state index is 11.6. The molecule has 9 heteroatoms. The predicted molar refractivity (Wildman–Crippen MR) is 107 cm³/mol. The van der Waals surface area contributed by atoms with Crippen molar-refractivity contribution < 1.29 is 4.79 Å². The Morgan fingerprint density at radius 2 is 2.04 bits per heavy atom. The van der Waals surface area contributed by atoms with Gasteiger partial charge in [0.2, 0.25) is 5.91 Å². The minimum atomic E-state index is 0.179. The maximum Gasteiger partial charge on any atom is 0.219 e. The lowest BCUT2D eigenvalue weighted by Gasteiger charge is -2.20. The summed E-state index contributed by atoms with van der Waals surface area (Å²) in [7, 11) is 1.87. The molecule has 3 aromatic heterocycles. The van der Waals surface area contributed by atoms with E-state index in [9.17, 15) is 4.79 Å². The minimum Gasteiger partial charge on any atom is -0.379 e. The number of amides is 1. The molecule has 28 heavy (non-hydrogen) atoms. The Labute approximate surface area is 167 Å². The van der Waals surface area contributed by atoms with Gasteiger partial charge < -0.3 is 15.2 Å². The van der Waals surface area contributed by atoms with Crippen LogP contribution in [0.15, 0.2) is 18.6 Å². The fourth-order valence-electron chi connectivity index (χ4n) is 4.63. The van der Waals surface area contributed by atoms with Gasteiger partial charge in [-0.2, -0.15) is 5.10 Å². The van der Waals surface area contributed by atoms with Crippen molar-refractivity contribution in [3.8, 4) is 11.4 Å². The minimum absolute atomic E-state index is 0.179. The van der Waals surface area contributed by atoms with Crippen LogP contribution in [0.1, 0.15) is 19.8 Å². The number of aryl methyl sites for hydroxylation is 1. The maximum atomic E-state index is 11.6. The van der Waals surface area contributed by atoms with E-state index in [2.05, 4.69) is 25.4 Å². The summed E-state index contributed by atoms with van der Waals surface area (Å²) < 4.78 is 1.74. The van der Waals surface area contributed by atoms with Gasteiger partial charge in [-0.3, -0.25) is 9.48 Å². The Kier molecular flexibility index (Phi) is 4.04. The second-order valence-corrected chi connectivity index (χ2v) is 8.33. The van der Waals surface area contributed by atoms with Gasteiger partial charge in [-0.05, 0) is 24.7 Å². The molecule has 8 nitrogen and oxygen atoms in total. The third-order valence-corrected chi connectivity index (χ3v) is 6.28. The molecule has 2 atom stereocenters. The second-order valence-electron chi connectivity index (χ2n) is 7.92. The Hall–Kier alpha value is -2.61. The van der Waals surface area contributed by atoms with Gasteiger partial charge in [-0.1, -0.05) is 11.6 Å². The molecular weight excluding hydrogens is 378 g/mol. The standard InChI is InChI=1S/C19H22ClN7O/c1-10(28)27-8-11-3-14(4-12(11)9-27)23-16-15(20)6-21-19-17(16)24-18(25-19)13-5-22-26(2)7-13/h5-7,11-12,14H,3-4,8-9H2,1-2H3,(H2,21,23,24,25). The number of carbonyl (C=O) groups is 1. The number of H-pyrrole nitrogens is 1. The normalized spacial score (nSPS) is 24.1. The lowest BCUT2D eigenvalue weighted by molar-refractivity contribution is -0.128. The number of nitrogens with one attached hydrogen (secondary N) is 2. The van der Waals surface area contributed by atoms with Crippen molar-refractivity contribution in [2.75, 3.05) is 18.4 Å². The number of imidazole rings is 1. The molecule has 1 amide bonds. The lowest BCUT2D eigenvalue weighted by Crippen LogP contribution is -2.29. The third kappa shape index (κ3) is 2.92. The summed E-state index contributed by atoms with van der Waals surface area (Å²) in [5, 5.41) is 8.41. The van der Waals surface area contributed by atoms with Crippen LogP contribution in [0.3, 0.4) is 0 Å². The van der Waals surface area contributed by atoms with Crippen LogP contribution >= 0.6 is 11.6 Å². The molecule has 5 rings (SSSR count). The van der Waals surface area contributed by atoms with Crippen LogP contribution in [0.5, 0.6) is 0 Å². The fourth-order valence-corrected chi connectivity index (χ4v) is 4.83. The summed E-state index contributed by atoms with van der Waals surface area (Å²) in [4.78, 5) is 25.9. The molecule has 0 radical (unpaired) electrons. The first-order chi connectivity index (χ1) is 13.5. The molecule has 0 aromatic carbocycles. The summed E-state index contributed by atoms with van der Waals surface area (Å²) >= 11 is 6.48. The number of fused-ring (bicyclic) bond motifs is 2. The summed E-state index contributed by atoms with van der Waals surface area (Å²) in [6.07, 6.45) is 7.40. The average Bonchev–Trinajstić information content (AvgIpc) is 3.39. The number of aromatic amines is 1. The SMILES string of the molecule is CC(=O)N1CC2CC(Nc3c(Cl)cnc4nc(-c5cnn(C)c5)[nH]c34)CC2C1. The molecule has 2 unspecified atom stereocenters. The van der Waals surface area contributed by atoms with Crippen LogP contribution in [0.2, 0.25) is 5.02 Å². The van der Waals surface area contributed by atoms with Gasteiger partial charge >= 0.3 is 0 Å². The second kappa shape index (κ2) is 6.48. The van der Waals surface area contributed by atoms with E-state index in [0.717, 1.165) is 48.5 Å². The zero-order chi connectivity index (χ0) is 19.4. The van der Waals surface area contributed by atoms with E-state index in [-0.39, 0.29) is 5.91 Å². The van der Waals surface area contributed by atoms with E-state index in [1.165, 1.54) is 0 Å². The molecule has 0 spiro atoms. The summed E-state index contributed by atoms with van der Waals surface area (Å²) in [6, 6.07) is 0.331. The van der Waals surface area contributed by atoms with Crippen molar-refractivity contribution in [3.63, 3.8) is 0 Å². The predicted octanol–water partition coefficient (Wildman–Crippen LogP) is 2.68. The number of hydrogen-bond acceptors (Lipinski definition) is 5. The molecule has 1 saturated carbocycles. The number of likely N-dealkylation sites (tertiary alicyclic amines) is 1. The van der Waals surface area contributed by atoms with E-state index in [0.29, 0.717) is 28.5 Å². The monoisotopic (exact) mass is 399 g/mol. The Morgan fingerprint density at radius 3 is 2.68 bits per heavy atom. The van der Waals surface area contributed by atoms with Gasteiger partial charge in [0.1, 0.15) is 11.3 Å². The lowest BCUT2D eigenvalue weighted by atomic mass is 10.0. The molecule has 3 aromatic rings. The topological polar surface area (TPSA) is 91.7 Å². The molecule has 0 bridgehead atoms. The van der Waals surface area contributed by atoms with Crippen molar-refractivity contribution in [2.24, 2.45) is 18.9 Å². The third-order valence-electron chi connectivity index (χ3n) is 6.00. The highest BCUT2D eigenvalue weighted by atomic mass is 35.5. The van der Waals surface area contributed by atoms with Gasteiger partial charge in [0, 0.05) is 39.3 Å². The van der Waals surface area contributed by atoms with E-state index in [1.807, 2.05) is 18.1 Å². The number of hydrogen-bond donors (Lipinski definition) is 2. The van der Waals surface area contributed by atoms with Crippen LogP contribution in [0, 0.1) is 11.8 Å². The molecule has 4 heterocycles. The quantitative estimate of drug-likeness (QED) is 0.706. The number of pyridine rings is 1. The molecule has 2 aliphatic rings. The van der Waals surface area contributed by atoms with Crippen molar-refractivity contribution in [3.05, 3.63) is 23.6 Å². The van der Waals surface area contributed by atoms with Gasteiger partial charge in [0.25, 0.3) is 0 Å². The summed E-state index contributed by atoms with van der Waals surface area (Å²) in [6.45, 7) is 3.39. The zero-order valence-corrected chi connectivity index (χ0v) is 16.6. The van der Waals surface area contributed by atoms with E-state index in [4.69, 9.17) is 11.6 Å². The number of aromatic nitrogens is 5. The van der Waals surface area contributed by atoms with E-state index in [1.54, 1.807) is 24.0 Å². The smallest absolute Gasteiger partial charge is 0.219 e. The Morgan fingerprint density at radius 1 is 1.29 bits per heavy atom. The van der Waals surface area contributed by atoms with Gasteiger partial charge in [0.15, 0.2) is 5.65 Å². The van der Waals surface area contributed by atoms with Crippen LogP contribution in [-0.4, -0.2) is 54.7 Å². The Balaban J connectivity index is 1.40. The fraction of sp³-hybridized carbons (Fsp3) is 0.474. The Bertz CT molecular complexity index is 1040. The highest BCUT2D eigenvalue weighted by Gasteiger charge is 2.41. The van der Waals surface area contributed by atoms with Crippen molar-refractivity contribution >= 4 is 34.4 Å². The number of nitrogens with zero attached hydrogens (tertiary/aromatic N) is 5. The van der Waals surface area contributed by atoms with Crippen LogP contribution in [-0.2, 0) is 11.8 Å². The first kappa shape index (κ1) is 17.5. The highest BCUT2D eigenvalue weighted by Crippen LogP contribution is 2.41. The van der Waals surface area contributed by atoms with Crippen molar-refractivity contribution in [1.82, 2.24) is 29.6 Å². The van der Waals surface area contributed by atoms with Crippen molar-refractivity contribution in [1.29, 1.82) is 0 Å². The first-order valence-corrected chi connectivity index (χ1v) is 9.91. The number of rotatable bonds is 3. The van der Waals surface area contributed by atoms with E-state index < -0.39 is 0 Å². The molecule has 1 aliphatic carbocycles. The highest BCUT2D eigenvalue weighted by molar-refractivity contribution is 6.34. The molecular formula is C19H22ClN7O.